The van der Waals surface area contributed by atoms with Gasteiger partial charge in [-0.15, -0.1) is 10.2 Å². The Balaban J connectivity index is 1.45. The molecule has 0 spiro atoms. The summed E-state index contributed by atoms with van der Waals surface area (Å²) in [5.74, 6) is 2.58. The van der Waals surface area contributed by atoms with E-state index in [9.17, 15) is 4.79 Å². The Morgan fingerprint density at radius 1 is 1.12 bits per heavy atom. The van der Waals surface area contributed by atoms with Gasteiger partial charge in [0.2, 0.25) is 5.91 Å². The first-order chi connectivity index (χ1) is 15.5. The number of aromatic nitrogens is 3. The van der Waals surface area contributed by atoms with Crippen molar-refractivity contribution in [3.05, 3.63) is 66.0 Å². The Labute approximate surface area is 194 Å². The fourth-order valence-corrected chi connectivity index (χ4v) is 4.79. The van der Waals surface area contributed by atoms with Gasteiger partial charge in [0.15, 0.2) is 11.0 Å². The minimum atomic E-state index is 0.105. The second-order valence-electron chi connectivity index (χ2n) is 8.57. The Hall–Kier alpha value is -2.80. The molecule has 4 rings (SSSR count). The lowest BCUT2D eigenvalue weighted by Crippen LogP contribution is -2.37. The molecule has 0 saturated heterocycles. The second kappa shape index (κ2) is 10.2. The Bertz CT molecular complexity index is 1050. The molecule has 3 aromatic rings. The van der Waals surface area contributed by atoms with E-state index in [1.807, 2.05) is 53.4 Å². The second-order valence-corrected chi connectivity index (χ2v) is 9.51. The molecular weight excluding hydrogens is 420 g/mol. The molecule has 2 aromatic carbocycles. The summed E-state index contributed by atoms with van der Waals surface area (Å²) < 4.78 is 8.00. The minimum Gasteiger partial charge on any atom is -0.486 e. The van der Waals surface area contributed by atoms with Crippen LogP contribution in [0, 0.1) is 5.92 Å². The molecule has 0 bridgehead atoms. The lowest BCUT2D eigenvalue weighted by molar-refractivity contribution is -0.116. The maximum atomic E-state index is 13.1. The van der Waals surface area contributed by atoms with Crippen molar-refractivity contribution in [2.24, 2.45) is 5.92 Å². The van der Waals surface area contributed by atoms with E-state index in [2.05, 4.69) is 41.6 Å². The fourth-order valence-electron chi connectivity index (χ4n) is 3.95. The van der Waals surface area contributed by atoms with Gasteiger partial charge < -0.3 is 14.2 Å². The molecule has 0 N–H and O–H groups in total. The smallest absolute Gasteiger partial charge is 0.237 e. The van der Waals surface area contributed by atoms with Gasteiger partial charge >= 0.3 is 0 Å². The maximum absolute atomic E-state index is 13.1. The lowest BCUT2D eigenvalue weighted by atomic mass is 10.1. The highest BCUT2D eigenvalue weighted by molar-refractivity contribution is 7.99. The summed E-state index contributed by atoms with van der Waals surface area (Å²) in [6.07, 6.45) is 1.91. The van der Waals surface area contributed by atoms with Crippen molar-refractivity contribution in [2.75, 3.05) is 10.7 Å². The number of thioether (sulfide) groups is 1. The van der Waals surface area contributed by atoms with Gasteiger partial charge in [0.25, 0.3) is 0 Å². The molecule has 1 amide bonds. The maximum Gasteiger partial charge on any atom is 0.237 e. The molecule has 32 heavy (non-hydrogen) atoms. The quantitative estimate of drug-likeness (QED) is 0.431. The molecule has 0 aliphatic carbocycles. The number of ether oxygens (including phenoxy) is 1. The standard InChI is InChI=1S/C25H30N4O2S/c1-18(2)13-14-28-23(16-31-21-10-5-4-6-11-21)26-27-25(28)32-17-24(30)29-19(3)15-20-9-7-8-12-22(20)29/h4-12,18-19H,13-17H2,1-3H3. The van der Waals surface area contributed by atoms with E-state index in [0.717, 1.165) is 41.8 Å². The van der Waals surface area contributed by atoms with Crippen molar-refractivity contribution in [2.45, 2.75) is 58.0 Å². The van der Waals surface area contributed by atoms with Crippen molar-refractivity contribution in [3.8, 4) is 5.75 Å². The molecule has 6 nitrogen and oxygen atoms in total. The summed E-state index contributed by atoms with van der Waals surface area (Å²) >= 11 is 1.46. The van der Waals surface area contributed by atoms with Crippen LogP contribution in [-0.2, 0) is 24.4 Å². The number of rotatable bonds is 9. The van der Waals surface area contributed by atoms with E-state index in [-0.39, 0.29) is 11.9 Å². The number of fused-ring (bicyclic) bond motifs is 1. The fraction of sp³-hybridized carbons (Fsp3) is 0.400. The third kappa shape index (κ3) is 5.15. The number of nitrogens with zero attached hydrogens (tertiary/aromatic N) is 4. The van der Waals surface area contributed by atoms with Crippen LogP contribution in [0.15, 0.2) is 59.8 Å². The number of hydrogen-bond donors (Lipinski definition) is 0. The summed E-state index contributed by atoms with van der Waals surface area (Å²) in [4.78, 5) is 15.0. The van der Waals surface area contributed by atoms with Crippen molar-refractivity contribution in [1.29, 1.82) is 0 Å². The molecule has 0 radical (unpaired) electrons. The summed E-state index contributed by atoms with van der Waals surface area (Å²) in [7, 11) is 0. The van der Waals surface area contributed by atoms with Crippen LogP contribution in [0.1, 0.15) is 38.6 Å². The van der Waals surface area contributed by atoms with Gasteiger partial charge in [-0.1, -0.05) is 62.0 Å². The number of anilines is 1. The molecule has 0 fully saturated rings. The van der Waals surface area contributed by atoms with Gasteiger partial charge in [-0.25, -0.2) is 0 Å². The van der Waals surface area contributed by atoms with E-state index in [1.165, 1.54) is 17.3 Å². The summed E-state index contributed by atoms with van der Waals surface area (Å²) in [5, 5.41) is 9.54. The van der Waals surface area contributed by atoms with Crippen molar-refractivity contribution in [3.63, 3.8) is 0 Å². The largest absolute Gasteiger partial charge is 0.486 e. The van der Waals surface area contributed by atoms with Crippen molar-refractivity contribution < 1.29 is 9.53 Å². The van der Waals surface area contributed by atoms with E-state index in [4.69, 9.17) is 4.74 Å². The van der Waals surface area contributed by atoms with Crippen LogP contribution >= 0.6 is 11.8 Å². The number of amides is 1. The molecule has 1 aromatic heterocycles. The lowest BCUT2D eigenvalue weighted by Gasteiger charge is -2.22. The molecule has 1 aliphatic rings. The summed E-state index contributed by atoms with van der Waals surface area (Å²) in [5.41, 5.74) is 2.27. The average Bonchev–Trinajstić information content (AvgIpc) is 3.34. The van der Waals surface area contributed by atoms with Gasteiger partial charge in [-0.3, -0.25) is 4.79 Å². The van der Waals surface area contributed by atoms with E-state index in [1.54, 1.807) is 0 Å². The first-order valence-corrected chi connectivity index (χ1v) is 12.1. The number of para-hydroxylation sites is 2. The molecular formula is C25H30N4O2S. The predicted molar refractivity (Wildman–Crippen MR) is 128 cm³/mol. The first-order valence-electron chi connectivity index (χ1n) is 11.2. The topological polar surface area (TPSA) is 60.2 Å². The zero-order valence-corrected chi connectivity index (χ0v) is 19.7. The average molecular weight is 451 g/mol. The van der Waals surface area contributed by atoms with E-state index >= 15 is 0 Å². The SMILES string of the molecule is CC(C)CCn1c(COc2ccccc2)nnc1SCC(=O)N1c2ccccc2CC1C. The summed E-state index contributed by atoms with van der Waals surface area (Å²) in [6, 6.07) is 18.1. The first kappa shape index (κ1) is 22.4. The predicted octanol–water partition coefficient (Wildman–Crippen LogP) is 4.97. The van der Waals surface area contributed by atoms with Crippen LogP contribution in [0.4, 0.5) is 5.69 Å². The van der Waals surface area contributed by atoms with Crippen molar-refractivity contribution in [1.82, 2.24) is 14.8 Å². The van der Waals surface area contributed by atoms with Gasteiger partial charge in [-0.2, -0.15) is 0 Å². The van der Waals surface area contributed by atoms with E-state index < -0.39 is 0 Å². The normalized spacial score (nSPS) is 15.2. The van der Waals surface area contributed by atoms with Crippen LogP contribution in [0.5, 0.6) is 5.75 Å². The third-order valence-electron chi connectivity index (χ3n) is 5.64. The van der Waals surface area contributed by atoms with E-state index in [0.29, 0.717) is 18.3 Å². The number of carbonyl (C=O) groups is 1. The molecule has 7 heteroatoms. The Kier molecular flexibility index (Phi) is 7.15. The molecule has 0 saturated carbocycles. The number of carbonyl (C=O) groups excluding carboxylic acids is 1. The number of hydrogen-bond acceptors (Lipinski definition) is 5. The molecule has 2 heterocycles. The van der Waals surface area contributed by atoms with Gasteiger partial charge in [-0.05, 0) is 49.4 Å². The Morgan fingerprint density at radius 3 is 2.66 bits per heavy atom. The molecule has 1 aliphatic heterocycles. The zero-order chi connectivity index (χ0) is 22.5. The minimum absolute atomic E-state index is 0.105. The highest BCUT2D eigenvalue weighted by Crippen LogP contribution is 2.33. The molecule has 1 unspecified atom stereocenters. The van der Waals surface area contributed by atoms with Crippen LogP contribution in [0.25, 0.3) is 0 Å². The van der Waals surface area contributed by atoms with Gasteiger partial charge in [0.1, 0.15) is 12.4 Å². The van der Waals surface area contributed by atoms with Crippen molar-refractivity contribution >= 4 is 23.4 Å². The van der Waals surface area contributed by atoms with Crippen LogP contribution < -0.4 is 9.64 Å². The van der Waals surface area contributed by atoms with Crippen LogP contribution in [0.2, 0.25) is 0 Å². The Morgan fingerprint density at radius 2 is 1.88 bits per heavy atom. The summed E-state index contributed by atoms with van der Waals surface area (Å²) in [6.45, 7) is 7.66. The highest BCUT2D eigenvalue weighted by atomic mass is 32.2. The zero-order valence-electron chi connectivity index (χ0n) is 18.9. The van der Waals surface area contributed by atoms with Crippen LogP contribution in [0.3, 0.4) is 0 Å². The van der Waals surface area contributed by atoms with Gasteiger partial charge in [0.05, 0.1) is 5.75 Å². The number of benzene rings is 2. The van der Waals surface area contributed by atoms with Crippen LogP contribution in [-0.4, -0.2) is 32.5 Å². The highest BCUT2D eigenvalue weighted by Gasteiger charge is 2.30. The third-order valence-corrected chi connectivity index (χ3v) is 6.59. The molecule has 168 valence electrons. The molecule has 1 atom stereocenters. The van der Waals surface area contributed by atoms with Gasteiger partial charge in [0, 0.05) is 18.3 Å². The monoisotopic (exact) mass is 450 g/mol.